The van der Waals surface area contributed by atoms with Gasteiger partial charge in [-0.3, -0.25) is 4.79 Å². The maximum atomic E-state index is 12.0. The molecule has 8 N–H and O–H groups in total. The van der Waals surface area contributed by atoms with Crippen molar-refractivity contribution in [2.24, 2.45) is 11.5 Å². The van der Waals surface area contributed by atoms with Crippen LogP contribution < -0.4 is 16.8 Å². The topological polar surface area (TPSA) is 143 Å². The number of hydrogen-bond donors (Lipinski definition) is 3. The van der Waals surface area contributed by atoms with Gasteiger partial charge in [0.05, 0.1) is 0 Å². The fraction of sp³-hybridized carbons (Fsp3) is 0.188. The van der Waals surface area contributed by atoms with E-state index in [4.69, 9.17) is 11.5 Å². The van der Waals surface area contributed by atoms with Crippen molar-refractivity contribution in [2.45, 2.75) is 19.6 Å². The van der Waals surface area contributed by atoms with Crippen LogP contribution in [-0.2, 0) is 38.2 Å². The minimum absolute atomic E-state index is 0. The Balaban J connectivity index is 0. The Kier molecular flexibility index (Phi) is 12.2. The molecule has 0 atom stereocenters. The van der Waals surface area contributed by atoms with Gasteiger partial charge in [0.15, 0.2) is 0 Å². The summed E-state index contributed by atoms with van der Waals surface area (Å²) in [5.41, 5.74) is 14.9. The molecule has 0 heterocycles. The number of carbonyl (C=O) groups is 1. The van der Waals surface area contributed by atoms with Gasteiger partial charge in [-0.25, -0.2) is 0 Å². The molecule has 7 heteroatoms. The molecule has 0 bridgehead atoms. The molecule has 0 saturated heterocycles. The summed E-state index contributed by atoms with van der Waals surface area (Å²) in [4.78, 5) is 12.0. The largest absolute Gasteiger partial charge is 0.870 e. The van der Waals surface area contributed by atoms with E-state index in [1.54, 1.807) is 12.1 Å². The summed E-state index contributed by atoms with van der Waals surface area (Å²) in [6, 6.07) is 15.2. The Hall–Kier alpha value is -1.67. The van der Waals surface area contributed by atoms with Crippen molar-refractivity contribution < 1.29 is 34.3 Å². The van der Waals surface area contributed by atoms with Gasteiger partial charge in [0.2, 0.25) is 0 Å². The standard InChI is InChI=1S/C16H19N3O.2H2O.V/c17-9-12-4-6-15(7-5-12)16(20)19-11-14-3-1-2-13(8-14)10-18;;;/h1-8H,9-11,17-18H2,(H,19,20);2*1H2;/p-1. The molecule has 6 nitrogen and oxygen atoms in total. The van der Waals surface area contributed by atoms with Crippen molar-refractivity contribution in [2.75, 3.05) is 0 Å². The third kappa shape index (κ3) is 6.96. The van der Waals surface area contributed by atoms with E-state index in [1.165, 1.54) is 0 Å². The number of nitrogens with two attached hydrogens (primary N) is 2. The van der Waals surface area contributed by atoms with Gasteiger partial charge in [-0.1, -0.05) is 36.4 Å². The van der Waals surface area contributed by atoms with Crippen LogP contribution >= 0.6 is 0 Å². The van der Waals surface area contributed by atoms with Crippen LogP contribution in [0.15, 0.2) is 48.5 Å². The minimum Gasteiger partial charge on any atom is -0.870 e. The predicted octanol–water partition coefficient (Wildman–Crippen LogP) is 0.530. The van der Waals surface area contributed by atoms with E-state index in [0.29, 0.717) is 25.2 Å². The smallest absolute Gasteiger partial charge is 0.251 e. The summed E-state index contributed by atoms with van der Waals surface area (Å²) in [7, 11) is 0. The van der Waals surface area contributed by atoms with E-state index >= 15 is 0 Å². The molecule has 0 fully saturated rings. The average Bonchev–Trinajstić information content (AvgIpc) is 2.53. The van der Waals surface area contributed by atoms with Crippen molar-refractivity contribution in [3.8, 4) is 0 Å². The van der Waals surface area contributed by atoms with E-state index in [1.807, 2.05) is 36.4 Å². The zero-order valence-electron chi connectivity index (χ0n) is 12.7. The number of nitrogens with one attached hydrogen (secondary N) is 1. The second-order valence-electron chi connectivity index (χ2n) is 4.61. The van der Waals surface area contributed by atoms with Crippen LogP contribution in [0.25, 0.3) is 0 Å². The molecule has 0 saturated carbocycles. The molecule has 0 aliphatic heterocycles. The molecule has 0 unspecified atom stereocenters. The number of amides is 1. The Morgan fingerprint density at radius 2 is 1.48 bits per heavy atom. The summed E-state index contributed by atoms with van der Waals surface area (Å²) < 4.78 is 0. The van der Waals surface area contributed by atoms with Crippen LogP contribution in [0.1, 0.15) is 27.0 Å². The molecule has 1 radical (unpaired) electrons. The first kappa shape index (κ1) is 23.6. The van der Waals surface area contributed by atoms with E-state index in [9.17, 15) is 4.79 Å². The molecule has 23 heavy (non-hydrogen) atoms. The van der Waals surface area contributed by atoms with Gasteiger partial charge in [0, 0.05) is 43.8 Å². The van der Waals surface area contributed by atoms with Gasteiger partial charge in [-0.2, -0.15) is 0 Å². The van der Waals surface area contributed by atoms with Gasteiger partial charge in [0.25, 0.3) is 5.91 Å². The molecular weight excluding hydrogens is 333 g/mol. The number of rotatable bonds is 5. The minimum atomic E-state index is -0.0910. The van der Waals surface area contributed by atoms with Gasteiger partial charge in [-0.05, 0) is 28.8 Å². The molecule has 2 aromatic carbocycles. The van der Waals surface area contributed by atoms with Crippen LogP contribution in [0.2, 0.25) is 0 Å². The van der Waals surface area contributed by atoms with Crippen LogP contribution in [0, 0.1) is 0 Å². The Morgan fingerprint density at radius 3 is 2.04 bits per heavy atom. The molecule has 2 aromatic rings. The fourth-order valence-corrected chi connectivity index (χ4v) is 1.94. The van der Waals surface area contributed by atoms with Crippen LogP contribution in [0.5, 0.6) is 0 Å². The monoisotopic (exact) mass is 355 g/mol. The molecule has 125 valence electrons. The number of hydrogen-bond acceptors (Lipinski definition) is 4. The Morgan fingerprint density at radius 1 is 0.913 bits per heavy atom. The first-order valence-corrected chi connectivity index (χ1v) is 6.58. The van der Waals surface area contributed by atoms with E-state index < -0.39 is 0 Å². The number of benzene rings is 2. The molecule has 0 spiro atoms. The summed E-state index contributed by atoms with van der Waals surface area (Å²) in [5.74, 6) is -0.0910. The van der Waals surface area contributed by atoms with E-state index in [0.717, 1.165) is 16.7 Å². The van der Waals surface area contributed by atoms with Crippen molar-refractivity contribution >= 4 is 5.91 Å². The van der Waals surface area contributed by atoms with E-state index in [-0.39, 0.29) is 35.4 Å². The maximum absolute atomic E-state index is 12.0. The molecule has 0 aromatic heterocycles. The summed E-state index contributed by atoms with van der Waals surface area (Å²) in [5, 5.41) is 2.89. The van der Waals surface area contributed by atoms with Crippen molar-refractivity contribution in [1.82, 2.24) is 5.32 Å². The summed E-state index contributed by atoms with van der Waals surface area (Å²) in [6.45, 7) is 1.47. The Labute approximate surface area is 147 Å². The molecule has 0 aliphatic rings. The third-order valence-corrected chi connectivity index (χ3v) is 3.13. The molecule has 0 aliphatic carbocycles. The van der Waals surface area contributed by atoms with Crippen LogP contribution in [0.3, 0.4) is 0 Å². The van der Waals surface area contributed by atoms with Crippen molar-refractivity contribution in [3.63, 3.8) is 0 Å². The van der Waals surface area contributed by atoms with Gasteiger partial charge < -0.3 is 27.7 Å². The van der Waals surface area contributed by atoms with Crippen LogP contribution in [-0.4, -0.2) is 16.9 Å². The fourth-order valence-electron chi connectivity index (χ4n) is 1.94. The first-order chi connectivity index (χ1) is 9.72. The molecule has 1 amide bonds. The molecular formula is C16H22N3O3V-. The zero-order valence-corrected chi connectivity index (χ0v) is 14.1. The van der Waals surface area contributed by atoms with Gasteiger partial charge in [-0.15, -0.1) is 0 Å². The summed E-state index contributed by atoms with van der Waals surface area (Å²) >= 11 is 0. The number of carbonyl (C=O) groups excluding carboxylic acids is 1. The Bertz CT molecular complexity index is 591. The SMILES string of the molecule is NCc1ccc(C(=O)NCc2cccc(CN)c2)cc1.O.[OH-].[V]. The van der Waals surface area contributed by atoms with Gasteiger partial charge in [0.1, 0.15) is 0 Å². The second-order valence-corrected chi connectivity index (χ2v) is 4.61. The van der Waals surface area contributed by atoms with Crippen LogP contribution in [0.4, 0.5) is 0 Å². The maximum Gasteiger partial charge on any atom is 0.251 e. The first-order valence-electron chi connectivity index (χ1n) is 6.58. The summed E-state index contributed by atoms with van der Waals surface area (Å²) in [6.07, 6.45) is 0. The molecule has 2 rings (SSSR count). The van der Waals surface area contributed by atoms with Crippen molar-refractivity contribution in [3.05, 3.63) is 70.8 Å². The third-order valence-electron chi connectivity index (χ3n) is 3.13. The van der Waals surface area contributed by atoms with Gasteiger partial charge >= 0.3 is 0 Å². The second kappa shape index (κ2) is 11.8. The normalized spacial score (nSPS) is 8.96. The quantitative estimate of drug-likeness (QED) is 0.719. The predicted molar refractivity (Wildman–Crippen MR) is 85.4 cm³/mol. The van der Waals surface area contributed by atoms with Crippen molar-refractivity contribution in [1.29, 1.82) is 0 Å². The average molecular weight is 355 g/mol. The zero-order chi connectivity index (χ0) is 14.4. The van der Waals surface area contributed by atoms with E-state index in [2.05, 4.69) is 5.32 Å².